The van der Waals surface area contributed by atoms with E-state index < -0.39 is 13.9 Å². The average molecular weight is 717 g/mol. The van der Waals surface area contributed by atoms with Gasteiger partial charge < -0.3 is 18.9 Å². The van der Waals surface area contributed by atoms with E-state index in [4.69, 9.17) is 18.5 Å². The number of rotatable bonds is 37. The van der Waals surface area contributed by atoms with Crippen LogP contribution in [0, 0.1) is 0 Å². The van der Waals surface area contributed by atoms with E-state index in [-0.39, 0.29) is 32.2 Å². The molecule has 0 aromatic carbocycles. The van der Waals surface area contributed by atoms with E-state index in [0.717, 1.165) is 19.3 Å². The van der Waals surface area contributed by atoms with Crippen LogP contribution in [-0.4, -0.2) is 75.6 Å². The summed E-state index contributed by atoms with van der Waals surface area (Å²) in [6.07, 6.45) is 38.1. The fourth-order valence-corrected chi connectivity index (χ4v) is 6.13. The summed E-state index contributed by atoms with van der Waals surface area (Å²) in [6.45, 7) is 5.26. The Morgan fingerprint density at radius 1 is 0.633 bits per heavy atom. The maximum absolute atomic E-state index is 12.2. The van der Waals surface area contributed by atoms with Crippen LogP contribution < -0.4 is 0 Å². The van der Waals surface area contributed by atoms with Gasteiger partial charge in [-0.15, -0.1) is 0 Å². The molecule has 0 spiro atoms. The van der Waals surface area contributed by atoms with Crippen molar-refractivity contribution in [3.8, 4) is 0 Å². The molecule has 0 rings (SSSR count). The number of nitrogens with zero attached hydrogens (tertiary/aromatic N) is 1. The molecule has 9 heteroatoms. The number of unbranched alkanes of at least 4 members (excludes halogenated alkanes) is 19. The minimum absolute atomic E-state index is 0.0882. The van der Waals surface area contributed by atoms with Crippen molar-refractivity contribution >= 4 is 13.8 Å². The summed E-state index contributed by atoms with van der Waals surface area (Å²) in [4.78, 5) is 22.0. The Labute approximate surface area is 303 Å². The summed E-state index contributed by atoms with van der Waals surface area (Å²) in [7, 11) is 1.66. The van der Waals surface area contributed by atoms with Crippen molar-refractivity contribution in [2.24, 2.45) is 0 Å². The molecular formula is C40H79NO7P+. The smallest absolute Gasteiger partial charge is 0.457 e. The molecule has 8 nitrogen and oxygen atoms in total. The normalized spacial score (nSPS) is 14.2. The lowest BCUT2D eigenvalue weighted by atomic mass is 10.0. The monoisotopic (exact) mass is 717 g/mol. The topological polar surface area (TPSA) is 91.3 Å². The zero-order valence-corrected chi connectivity index (χ0v) is 33.6. The quantitative estimate of drug-likeness (QED) is 0.0225. The summed E-state index contributed by atoms with van der Waals surface area (Å²) in [5, 5.41) is 0. The van der Waals surface area contributed by atoms with Crippen LogP contribution in [0.15, 0.2) is 24.3 Å². The van der Waals surface area contributed by atoms with Gasteiger partial charge in [-0.25, -0.2) is 4.57 Å². The van der Waals surface area contributed by atoms with Gasteiger partial charge in [0, 0.05) is 13.0 Å². The number of carbonyl (C=O) groups is 1. The van der Waals surface area contributed by atoms with Crippen LogP contribution in [0.3, 0.4) is 0 Å². The van der Waals surface area contributed by atoms with Gasteiger partial charge in [0.25, 0.3) is 0 Å². The standard InChI is InChI=1S/C40H78NO7P/c1-6-8-9-10-11-12-13-14-15-16-17-18-19-20-21-22-23-24-25-26-27-28-29-30-31-32-35-45-37-39(48-40(42)33-7-2)38-47-49(43,44)46-36-34-41(3,4)5/h13-14,16-17,39H,6-12,15,18-38H2,1-5H3/p+1/b14-13-,17-16-. The van der Waals surface area contributed by atoms with Gasteiger partial charge >= 0.3 is 13.8 Å². The first-order valence-electron chi connectivity index (χ1n) is 20.1. The molecule has 0 aromatic rings. The largest absolute Gasteiger partial charge is 0.472 e. The molecular weight excluding hydrogens is 637 g/mol. The van der Waals surface area contributed by atoms with Gasteiger partial charge in [0.2, 0.25) is 0 Å². The molecule has 0 aliphatic carbocycles. The minimum Gasteiger partial charge on any atom is -0.457 e. The maximum Gasteiger partial charge on any atom is 0.472 e. The van der Waals surface area contributed by atoms with Crippen LogP contribution in [0.4, 0.5) is 0 Å². The van der Waals surface area contributed by atoms with Crippen LogP contribution in [0.2, 0.25) is 0 Å². The lowest BCUT2D eigenvalue weighted by Crippen LogP contribution is -2.37. The molecule has 0 heterocycles. The summed E-state index contributed by atoms with van der Waals surface area (Å²) in [6, 6.07) is 0. The van der Waals surface area contributed by atoms with Crippen molar-refractivity contribution in [3.63, 3.8) is 0 Å². The molecule has 0 bridgehead atoms. The number of esters is 1. The summed E-state index contributed by atoms with van der Waals surface area (Å²) in [5.41, 5.74) is 0. The van der Waals surface area contributed by atoms with Gasteiger partial charge in [0.1, 0.15) is 19.3 Å². The Morgan fingerprint density at radius 2 is 1.12 bits per heavy atom. The van der Waals surface area contributed by atoms with E-state index in [0.29, 0.717) is 24.1 Å². The lowest BCUT2D eigenvalue weighted by molar-refractivity contribution is -0.870. The number of ether oxygens (including phenoxy) is 2. The predicted octanol–water partition coefficient (Wildman–Crippen LogP) is 11.3. The predicted molar refractivity (Wildman–Crippen MR) is 206 cm³/mol. The van der Waals surface area contributed by atoms with Crippen LogP contribution in [0.1, 0.15) is 168 Å². The van der Waals surface area contributed by atoms with Crippen molar-refractivity contribution < 1.29 is 37.3 Å². The first-order chi connectivity index (χ1) is 23.6. The van der Waals surface area contributed by atoms with Gasteiger partial charge in [-0.2, -0.15) is 0 Å². The molecule has 0 aliphatic heterocycles. The Balaban J connectivity index is 3.68. The van der Waals surface area contributed by atoms with Crippen molar-refractivity contribution in [1.29, 1.82) is 0 Å². The number of carbonyl (C=O) groups excluding carboxylic acids is 1. The van der Waals surface area contributed by atoms with Gasteiger partial charge in [-0.3, -0.25) is 13.8 Å². The number of likely N-dealkylation sites (N-methyl/N-ethyl adjacent to an activating group) is 1. The highest BCUT2D eigenvalue weighted by molar-refractivity contribution is 7.47. The zero-order valence-electron chi connectivity index (χ0n) is 32.7. The summed E-state index contributed by atoms with van der Waals surface area (Å²) < 4.78 is 34.2. The second kappa shape index (κ2) is 34.1. The molecule has 0 aromatic heterocycles. The molecule has 2 atom stereocenters. The first-order valence-corrected chi connectivity index (χ1v) is 21.6. The number of phosphoric ester groups is 1. The van der Waals surface area contributed by atoms with Crippen LogP contribution in [0.5, 0.6) is 0 Å². The molecule has 290 valence electrons. The van der Waals surface area contributed by atoms with E-state index in [1.165, 1.54) is 122 Å². The Hall–Kier alpha value is -1.02. The van der Waals surface area contributed by atoms with Crippen molar-refractivity contribution in [1.82, 2.24) is 0 Å². The van der Waals surface area contributed by atoms with Crippen LogP contribution >= 0.6 is 7.82 Å². The van der Waals surface area contributed by atoms with E-state index >= 15 is 0 Å². The van der Waals surface area contributed by atoms with Crippen molar-refractivity contribution in [3.05, 3.63) is 24.3 Å². The lowest BCUT2D eigenvalue weighted by Gasteiger charge is -2.24. The third-order valence-corrected chi connectivity index (χ3v) is 9.47. The van der Waals surface area contributed by atoms with Crippen molar-refractivity contribution in [2.75, 3.05) is 54.1 Å². The number of quaternary nitrogens is 1. The molecule has 49 heavy (non-hydrogen) atoms. The van der Waals surface area contributed by atoms with Gasteiger partial charge in [0.15, 0.2) is 0 Å². The minimum atomic E-state index is -4.24. The number of hydrogen-bond acceptors (Lipinski definition) is 6. The number of hydrogen-bond donors (Lipinski definition) is 1. The SMILES string of the molecule is CCCCCCC/C=C\C/C=C\CCCCCCCCCCCCCCCCOCC(COP(=O)(O)OCC[N+](C)(C)C)OC(=O)CCC. The van der Waals surface area contributed by atoms with Gasteiger partial charge in [-0.05, 0) is 44.9 Å². The molecule has 0 saturated carbocycles. The van der Waals surface area contributed by atoms with E-state index in [2.05, 4.69) is 31.2 Å². The second-order valence-electron chi connectivity index (χ2n) is 14.7. The average Bonchev–Trinajstić information content (AvgIpc) is 3.04. The molecule has 0 fully saturated rings. The first kappa shape index (κ1) is 48.0. The summed E-state index contributed by atoms with van der Waals surface area (Å²) in [5.74, 6) is -0.366. The third kappa shape index (κ3) is 38.1. The summed E-state index contributed by atoms with van der Waals surface area (Å²) >= 11 is 0. The Morgan fingerprint density at radius 3 is 1.61 bits per heavy atom. The highest BCUT2D eigenvalue weighted by Crippen LogP contribution is 2.43. The Kier molecular flexibility index (Phi) is 33.4. The Bertz CT molecular complexity index is 843. The highest BCUT2D eigenvalue weighted by atomic mass is 31.2. The molecule has 1 N–H and O–H groups in total. The molecule has 0 radical (unpaired) electrons. The maximum atomic E-state index is 12.2. The highest BCUT2D eigenvalue weighted by Gasteiger charge is 2.26. The molecule has 0 saturated heterocycles. The zero-order chi connectivity index (χ0) is 36.3. The van der Waals surface area contributed by atoms with E-state index in [9.17, 15) is 14.3 Å². The van der Waals surface area contributed by atoms with E-state index in [1.54, 1.807) is 0 Å². The fraction of sp³-hybridized carbons (Fsp3) is 0.875. The fourth-order valence-electron chi connectivity index (χ4n) is 5.38. The third-order valence-electron chi connectivity index (χ3n) is 8.49. The molecule has 0 aliphatic rings. The molecule has 0 amide bonds. The van der Waals surface area contributed by atoms with Gasteiger partial charge in [0.05, 0.1) is 34.4 Å². The van der Waals surface area contributed by atoms with E-state index in [1.807, 2.05) is 28.1 Å². The van der Waals surface area contributed by atoms with Crippen molar-refractivity contribution in [2.45, 2.75) is 174 Å². The second-order valence-corrected chi connectivity index (χ2v) is 16.1. The molecule has 2 unspecified atom stereocenters. The van der Waals surface area contributed by atoms with Gasteiger partial charge in [-0.1, -0.05) is 141 Å². The number of phosphoric acid groups is 1. The number of allylic oxidation sites excluding steroid dienone is 4. The van der Waals surface area contributed by atoms with Crippen LogP contribution in [-0.2, 0) is 27.9 Å². The van der Waals surface area contributed by atoms with Crippen LogP contribution in [0.25, 0.3) is 0 Å².